The third kappa shape index (κ3) is 4.89. The number of carbonyl (C=O) groups is 2. The van der Waals surface area contributed by atoms with Crippen molar-refractivity contribution in [3.63, 3.8) is 0 Å². The van der Waals surface area contributed by atoms with Crippen LogP contribution in [0.1, 0.15) is 68.5 Å². The minimum Gasteiger partial charge on any atom is -0.331 e. The van der Waals surface area contributed by atoms with Crippen molar-refractivity contribution < 1.29 is 9.59 Å². The van der Waals surface area contributed by atoms with Crippen molar-refractivity contribution in [3.8, 4) is 0 Å². The molecule has 0 fully saturated rings. The summed E-state index contributed by atoms with van der Waals surface area (Å²) in [5.41, 5.74) is 2.36. The van der Waals surface area contributed by atoms with E-state index in [1.807, 2.05) is 30.0 Å². The number of fused-ring (bicyclic) bond motifs is 1. The van der Waals surface area contributed by atoms with E-state index in [1.165, 1.54) is 10.4 Å². The Morgan fingerprint density at radius 3 is 2.66 bits per heavy atom. The minimum absolute atomic E-state index is 0.0425. The highest BCUT2D eigenvalue weighted by atomic mass is 32.1. The molecule has 0 unspecified atom stereocenters. The molecule has 0 N–H and O–H groups in total. The highest BCUT2D eigenvalue weighted by Gasteiger charge is 2.34. The number of thiophene rings is 1. The lowest BCUT2D eigenvalue weighted by molar-refractivity contribution is -0.143. The van der Waals surface area contributed by atoms with E-state index in [2.05, 4.69) is 37.4 Å². The van der Waals surface area contributed by atoms with Crippen molar-refractivity contribution in [2.75, 3.05) is 13.1 Å². The molecule has 3 rings (SSSR count). The largest absolute Gasteiger partial charge is 0.331 e. The van der Waals surface area contributed by atoms with Gasteiger partial charge in [0.1, 0.15) is 6.54 Å². The van der Waals surface area contributed by atoms with Gasteiger partial charge in [0.05, 0.1) is 6.04 Å². The average Bonchev–Trinajstić information content (AvgIpc) is 3.23. The van der Waals surface area contributed by atoms with Crippen LogP contribution < -0.4 is 0 Å². The molecule has 2 heterocycles. The van der Waals surface area contributed by atoms with Gasteiger partial charge in [-0.2, -0.15) is 0 Å². The maximum absolute atomic E-state index is 13.5. The lowest BCUT2D eigenvalue weighted by atomic mass is 9.93. The van der Waals surface area contributed by atoms with Gasteiger partial charge in [0.25, 0.3) is 0 Å². The summed E-state index contributed by atoms with van der Waals surface area (Å²) < 4.78 is 0. The number of nitrogens with zero attached hydrogens (tertiary/aromatic N) is 2. The van der Waals surface area contributed by atoms with Gasteiger partial charge >= 0.3 is 0 Å². The van der Waals surface area contributed by atoms with Crippen LogP contribution in [0.5, 0.6) is 0 Å². The zero-order chi connectivity index (χ0) is 20.8. The smallest absolute Gasteiger partial charge is 0.243 e. The fourth-order valence-corrected chi connectivity index (χ4v) is 4.90. The third-order valence-electron chi connectivity index (χ3n) is 5.89. The minimum atomic E-state index is -0.0665. The zero-order valence-corrected chi connectivity index (χ0v) is 18.6. The quantitative estimate of drug-likeness (QED) is 0.609. The number of hydrogen-bond donors (Lipinski definition) is 0. The topological polar surface area (TPSA) is 40.6 Å². The summed E-state index contributed by atoms with van der Waals surface area (Å²) in [7, 11) is 0. The highest BCUT2D eigenvalue weighted by molar-refractivity contribution is 7.10. The van der Waals surface area contributed by atoms with Crippen LogP contribution >= 0.6 is 11.3 Å². The molecular weight excluding hydrogens is 380 g/mol. The maximum Gasteiger partial charge on any atom is 0.243 e. The van der Waals surface area contributed by atoms with E-state index in [1.54, 1.807) is 16.2 Å². The van der Waals surface area contributed by atoms with E-state index in [0.29, 0.717) is 13.0 Å². The summed E-state index contributed by atoms with van der Waals surface area (Å²) in [5.74, 6) is 0.139. The summed E-state index contributed by atoms with van der Waals surface area (Å²) in [6.07, 6.45) is 4.10. The van der Waals surface area contributed by atoms with Gasteiger partial charge in [0.2, 0.25) is 11.8 Å². The molecular formula is C24H32N2O2S. The number of rotatable bonds is 8. The van der Waals surface area contributed by atoms with Gasteiger partial charge in [-0.25, -0.2) is 0 Å². The van der Waals surface area contributed by atoms with Gasteiger partial charge in [-0.1, -0.05) is 50.6 Å². The zero-order valence-electron chi connectivity index (χ0n) is 17.8. The summed E-state index contributed by atoms with van der Waals surface area (Å²) in [6.45, 7) is 7.06. The van der Waals surface area contributed by atoms with Crippen LogP contribution in [-0.2, 0) is 16.0 Å². The van der Waals surface area contributed by atoms with Crippen molar-refractivity contribution in [2.24, 2.45) is 0 Å². The van der Waals surface area contributed by atoms with Crippen LogP contribution in [0, 0.1) is 0 Å². The Morgan fingerprint density at radius 1 is 1.21 bits per heavy atom. The Hall–Kier alpha value is -2.14. The van der Waals surface area contributed by atoms with Gasteiger partial charge in [-0.15, -0.1) is 11.3 Å². The second-order valence-electron chi connectivity index (χ2n) is 7.83. The van der Waals surface area contributed by atoms with Crippen LogP contribution in [-0.4, -0.2) is 40.7 Å². The Labute approximate surface area is 178 Å². The first-order valence-electron chi connectivity index (χ1n) is 10.8. The van der Waals surface area contributed by atoms with E-state index in [4.69, 9.17) is 0 Å². The number of amides is 2. The Kier molecular flexibility index (Phi) is 7.48. The maximum atomic E-state index is 13.5. The molecule has 1 aromatic carbocycles. The molecule has 29 heavy (non-hydrogen) atoms. The van der Waals surface area contributed by atoms with Crippen molar-refractivity contribution >= 4 is 23.2 Å². The van der Waals surface area contributed by atoms with Crippen molar-refractivity contribution in [1.29, 1.82) is 0 Å². The number of hydrogen-bond acceptors (Lipinski definition) is 3. The van der Waals surface area contributed by atoms with Crippen LogP contribution in [0.2, 0.25) is 0 Å². The Bertz CT molecular complexity index is 817. The first kappa shape index (κ1) is 21.6. The van der Waals surface area contributed by atoms with E-state index in [-0.39, 0.29) is 30.4 Å². The Morgan fingerprint density at radius 2 is 1.97 bits per heavy atom. The monoisotopic (exact) mass is 412 g/mol. The van der Waals surface area contributed by atoms with Crippen molar-refractivity contribution in [1.82, 2.24) is 9.80 Å². The lowest BCUT2D eigenvalue weighted by Gasteiger charge is -2.38. The number of carbonyl (C=O) groups excluding carboxylic acids is 2. The van der Waals surface area contributed by atoms with Crippen LogP contribution in [0.4, 0.5) is 0 Å². The lowest BCUT2D eigenvalue weighted by Crippen LogP contribution is -2.49. The molecule has 2 amide bonds. The van der Waals surface area contributed by atoms with E-state index in [0.717, 1.165) is 31.2 Å². The average molecular weight is 413 g/mol. The van der Waals surface area contributed by atoms with E-state index >= 15 is 0 Å². The molecule has 0 saturated heterocycles. The molecule has 2 atom stereocenters. The molecule has 4 nitrogen and oxygen atoms in total. The molecule has 1 aliphatic heterocycles. The predicted octanol–water partition coefficient (Wildman–Crippen LogP) is 5.04. The third-order valence-corrected chi connectivity index (χ3v) is 6.89. The second kappa shape index (κ2) is 10.1. The number of benzene rings is 1. The Balaban J connectivity index is 1.85. The molecule has 0 saturated carbocycles. The molecule has 0 spiro atoms. The van der Waals surface area contributed by atoms with Gasteiger partial charge in [-0.05, 0) is 48.8 Å². The summed E-state index contributed by atoms with van der Waals surface area (Å²) in [4.78, 5) is 31.4. The first-order valence-corrected chi connectivity index (χ1v) is 11.6. The van der Waals surface area contributed by atoms with Crippen LogP contribution in [0.3, 0.4) is 0 Å². The molecule has 0 bridgehead atoms. The van der Waals surface area contributed by atoms with Gasteiger partial charge < -0.3 is 9.80 Å². The van der Waals surface area contributed by atoms with E-state index in [9.17, 15) is 9.59 Å². The second-order valence-corrected chi connectivity index (χ2v) is 8.83. The summed E-state index contributed by atoms with van der Waals surface area (Å²) >= 11 is 1.77. The predicted molar refractivity (Wildman–Crippen MR) is 119 cm³/mol. The number of unbranched alkanes of at least 4 members (excludes halogenated alkanes) is 1. The first-order chi connectivity index (χ1) is 14.1. The SMILES string of the molecule is CCCCC(=O)N(CC(=O)N1CCc2sccc2[C@@H]1c1ccccc1)[C@@H](C)CC. The molecule has 1 aliphatic rings. The molecule has 1 aromatic heterocycles. The van der Waals surface area contributed by atoms with Crippen LogP contribution in [0.25, 0.3) is 0 Å². The standard InChI is InChI=1S/C24H32N2O2S/c1-4-6-12-22(27)26(18(3)5-2)17-23(28)25-15-13-21-20(14-16-29-21)24(25)19-10-8-7-9-11-19/h7-11,14,16,18,24H,4-6,12-13,15,17H2,1-3H3/t18-,24-/m0/s1. The fraction of sp³-hybridized carbons (Fsp3) is 0.500. The normalized spacial score (nSPS) is 16.9. The molecule has 2 aromatic rings. The van der Waals surface area contributed by atoms with Gasteiger partial charge in [0.15, 0.2) is 0 Å². The summed E-state index contributed by atoms with van der Waals surface area (Å²) in [6, 6.07) is 12.4. The van der Waals surface area contributed by atoms with Gasteiger partial charge in [-0.3, -0.25) is 9.59 Å². The molecule has 5 heteroatoms. The fourth-order valence-electron chi connectivity index (χ4n) is 4.00. The summed E-state index contributed by atoms with van der Waals surface area (Å²) in [5, 5.41) is 2.12. The molecule has 0 radical (unpaired) electrons. The molecule has 0 aliphatic carbocycles. The van der Waals surface area contributed by atoms with E-state index < -0.39 is 0 Å². The van der Waals surface area contributed by atoms with Crippen molar-refractivity contribution in [3.05, 3.63) is 57.8 Å². The van der Waals surface area contributed by atoms with Gasteiger partial charge in [0, 0.05) is 23.9 Å². The molecule has 156 valence electrons. The van der Waals surface area contributed by atoms with Crippen molar-refractivity contribution in [2.45, 2.75) is 65.0 Å². The van der Waals surface area contributed by atoms with Crippen LogP contribution in [0.15, 0.2) is 41.8 Å². The highest BCUT2D eigenvalue weighted by Crippen LogP contribution is 2.37.